The van der Waals surface area contributed by atoms with Gasteiger partial charge in [-0.2, -0.15) is 0 Å². The number of carbonyl (C=O) groups excluding carboxylic acids is 1. The Morgan fingerprint density at radius 2 is 1.96 bits per heavy atom. The van der Waals surface area contributed by atoms with Crippen LogP contribution < -0.4 is 10.3 Å². The fourth-order valence-corrected chi connectivity index (χ4v) is 2.91. The van der Waals surface area contributed by atoms with E-state index in [9.17, 15) is 9.59 Å². The Morgan fingerprint density at radius 3 is 2.65 bits per heavy atom. The van der Waals surface area contributed by atoms with Crippen molar-refractivity contribution in [1.82, 2.24) is 9.55 Å². The van der Waals surface area contributed by atoms with Gasteiger partial charge in [-0.3, -0.25) is 4.79 Å². The molecule has 0 radical (unpaired) electrons. The smallest absolute Gasteiger partial charge is 0.342 e. The van der Waals surface area contributed by atoms with Gasteiger partial charge in [0.2, 0.25) is 5.71 Å². The molecule has 0 saturated heterocycles. The summed E-state index contributed by atoms with van der Waals surface area (Å²) < 4.78 is 17.3. The Bertz CT molecular complexity index is 1020. The Labute approximate surface area is 158 Å². The quantitative estimate of drug-likeness (QED) is 0.485. The number of fused-ring (bicyclic) bond motifs is 1. The Morgan fingerprint density at radius 1 is 1.27 bits per heavy atom. The summed E-state index contributed by atoms with van der Waals surface area (Å²) >= 11 is 12.0. The van der Waals surface area contributed by atoms with Crippen molar-refractivity contribution in [2.75, 3.05) is 13.2 Å². The third-order valence-electron chi connectivity index (χ3n) is 3.63. The maximum atomic E-state index is 12.4. The lowest BCUT2D eigenvalue weighted by molar-refractivity contribution is 0.0450. The van der Waals surface area contributed by atoms with Crippen LogP contribution in [0.5, 0.6) is 5.75 Å². The van der Waals surface area contributed by atoms with Crippen molar-refractivity contribution in [3.8, 4) is 5.75 Å². The molecule has 2 aromatic heterocycles. The number of rotatable bonds is 5. The van der Waals surface area contributed by atoms with E-state index in [0.717, 1.165) is 0 Å². The van der Waals surface area contributed by atoms with Crippen LogP contribution in [0.2, 0.25) is 10.0 Å². The number of benzene rings is 1. The zero-order valence-electron chi connectivity index (χ0n) is 13.9. The molecule has 3 aromatic rings. The second-order valence-electron chi connectivity index (χ2n) is 5.41. The van der Waals surface area contributed by atoms with Gasteiger partial charge in [-0.25, -0.2) is 9.78 Å². The third-order valence-corrected chi connectivity index (χ3v) is 4.23. The molecule has 0 saturated carbocycles. The lowest BCUT2D eigenvalue weighted by Gasteiger charge is -2.10. The fraction of sp³-hybridized carbons (Fsp3) is 0.235. The van der Waals surface area contributed by atoms with Crippen LogP contribution >= 0.6 is 23.2 Å². The number of halogens is 2. The fourth-order valence-electron chi connectivity index (χ4n) is 2.40. The van der Waals surface area contributed by atoms with E-state index < -0.39 is 11.5 Å². The van der Waals surface area contributed by atoms with Crippen molar-refractivity contribution in [3.63, 3.8) is 0 Å². The summed E-state index contributed by atoms with van der Waals surface area (Å²) in [7, 11) is 1.54. The Kier molecular flexibility index (Phi) is 5.20. The number of esters is 1. The lowest BCUT2D eigenvalue weighted by Crippen LogP contribution is -2.19. The van der Waals surface area contributed by atoms with Gasteiger partial charge >= 0.3 is 5.97 Å². The Balaban J connectivity index is 1.71. The maximum Gasteiger partial charge on any atom is 0.342 e. The van der Waals surface area contributed by atoms with Gasteiger partial charge in [0, 0.05) is 7.05 Å². The maximum absolute atomic E-state index is 12.4. The second kappa shape index (κ2) is 7.39. The van der Waals surface area contributed by atoms with Crippen molar-refractivity contribution >= 4 is 40.3 Å². The first-order chi connectivity index (χ1) is 12.4. The molecular formula is C17H14Cl2N2O5. The van der Waals surface area contributed by atoms with Crippen molar-refractivity contribution in [3.05, 3.63) is 56.2 Å². The van der Waals surface area contributed by atoms with Crippen LogP contribution in [0, 0.1) is 6.92 Å². The van der Waals surface area contributed by atoms with Crippen LogP contribution in [0.25, 0.3) is 11.1 Å². The predicted molar refractivity (Wildman–Crippen MR) is 96.2 cm³/mol. The summed E-state index contributed by atoms with van der Waals surface area (Å²) in [5, 5.41) is 0.803. The number of ether oxygens (including phenoxy) is 2. The highest BCUT2D eigenvalue weighted by Crippen LogP contribution is 2.32. The third kappa shape index (κ3) is 3.40. The van der Waals surface area contributed by atoms with Gasteiger partial charge in [-0.15, -0.1) is 0 Å². The van der Waals surface area contributed by atoms with Gasteiger partial charge < -0.3 is 18.5 Å². The summed E-state index contributed by atoms with van der Waals surface area (Å²) in [4.78, 5) is 28.6. The second-order valence-corrected chi connectivity index (χ2v) is 6.22. The average molecular weight is 397 g/mol. The minimum absolute atomic E-state index is 0.0419. The number of carbonyl (C=O) groups is 1. The number of aryl methyl sites for hydroxylation is 2. The average Bonchev–Trinajstić information content (AvgIpc) is 2.94. The highest BCUT2D eigenvalue weighted by Gasteiger charge is 2.23. The van der Waals surface area contributed by atoms with Crippen LogP contribution in [0.3, 0.4) is 0 Å². The molecule has 0 aliphatic carbocycles. The van der Waals surface area contributed by atoms with E-state index in [2.05, 4.69) is 4.98 Å². The number of furan rings is 1. The summed E-state index contributed by atoms with van der Waals surface area (Å²) in [5.74, 6) is -0.119. The molecule has 26 heavy (non-hydrogen) atoms. The summed E-state index contributed by atoms with van der Waals surface area (Å²) in [6.45, 7) is 1.55. The molecule has 0 fully saturated rings. The minimum Gasteiger partial charge on any atom is -0.487 e. The lowest BCUT2D eigenvalue weighted by atomic mass is 10.2. The molecule has 0 unspecified atom stereocenters. The standard InChI is InChI=1S/C17H14Cl2N2O5/c1-9-12(13-15(26-9)20-8-21(2)16(13)22)17(23)25-7-6-24-14-10(18)4-3-5-11(14)19/h3-5,8H,6-7H2,1-2H3. The van der Waals surface area contributed by atoms with Crippen molar-refractivity contribution in [1.29, 1.82) is 0 Å². The van der Waals surface area contributed by atoms with E-state index in [1.807, 2.05) is 0 Å². The van der Waals surface area contributed by atoms with E-state index in [-0.39, 0.29) is 35.6 Å². The van der Waals surface area contributed by atoms with Crippen molar-refractivity contribution < 1.29 is 18.7 Å². The van der Waals surface area contributed by atoms with Crippen LogP contribution in [-0.4, -0.2) is 28.7 Å². The number of hydrogen-bond acceptors (Lipinski definition) is 6. The molecule has 0 aliphatic heterocycles. The topological polar surface area (TPSA) is 83.6 Å². The zero-order chi connectivity index (χ0) is 18.8. The largest absolute Gasteiger partial charge is 0.487 e. The molecule has 0 spiro atoms. The van der Waals surface area contributed by atoms with E-state index in [0.29, 0.717) is 15.8 Å². The monoisotopic (exact) mass is 396 g/mol. The van der Waals surface area contributed by atoms with Crippen molar-refractivity contribution in [2.24, 2.45) is 7.05 Å². The van der Waals surface area contributed by atoms with Crippen LogP contribution in [-0.2, 0) is 11.8 Å². The molecule has 3 rings (SSSR count). The van der Waals surface area contributed by atoms with Crippen LogP contribution in [0.4, 0.5) is 0 Å². The van der Waals surface area contributed by atoms with Crippen LogP contribution in [0.15, 0.2) is 33.7 Å². The molecule has 0 bridgehead atoms. The molecule has 2 heterocycles. The Hall–Kier alpha value is -2.51. The molecule has 0 atom stereocenters. The first kappa shape index (κ1) is 18.3. The first-order valence-corrected chi connectivity index (χ1v) is 8.34. The van der Waals surface area contributed by atoms with Gasteiger partial charge in [-0.05, 0) is 19.1 Å². The minimum atomic E-state index is -0.694. The van der Waals surface area contributed by atoms with Gasteiger partial charge in [0.05, 0.1) is 10.0 Å². The van der Waals surface area contributed by atoms with Crippen molar-refractivity contribution in [2.45, 2.75) is 6.92 Å². The molecular weight excluding hydrogens is 383 g/mol. The highest BCUT2D eigenvalue weighted by molar-refractivity contribution is 6.37. The van der Waals surface area contributed by atoms with Gasteiger partial charge in [0.25, 0.3) is 5.56 Å². The number of para-hydroxylation sites is 1. The van der Waals surface area contributed by atoms with Gasteiger partial charge in [0.15, 0.2) is 5.75 Å². The molecule has 9 heteroatoms. The van der Waals surface area contributed by atoms with Gasteiger partial charge in [-0.1, -0.05) is 29.3 Å². The van der Waals surface area contributed by atoms with Crippen LogP contribution in [0.1, 0.15) is 16.1 Å². The van der Waals surface area contributed by atoms with E-state index in [1.54, 1.807) is 25.1 Å². The molecule has 7 nitrogen and oxygen atoms in total. The predicted octanol–water partition coefficient (Wildman–Crippen LogP) is 3.38. The molecule has 0 amide bonds. The summed E-state index contributed by atoms with van der Waals surface area (Å²) in [6.07, 6.45) is 1.32. The van der Waals surface area contributed by atoms with E-state index in [1.165, 1.54) is 17.9 Å². The number of nitrogens with zero attached hydrogens (tertiary/aromatic N) is 2. The number of aromatic nitrogens is 2. The normalized spacial score (nSPS) is 10.9. The number of hydrogen-bond donors (Lipinski definition) is 0. The van der Waals surface area contributed by atoms with E-state index >= 15 is 0 Å². The first-order valence-electron chi connectivity index (χ1n) is 7.58. The highest BCUT2D eigenvalue weighted by atomic mass is 35.5. The molecule has 0 aliphatic rings. The summed E-state index contributed by atoms with van der Waals surface area (Å²) in [6, 6.07) is 4.97. The van der Waals surface area contributed by atoms with E-state index in [4.69, 9.17) is 37.1 Å². The molecule has 1 aromatic carbocycles. The summed E-state index contributed by atoms with van der Waals surface area (Å²) in [5.41, 5.74) is -0.237. The van der Waals surface area contributed by atoms with Gasteiger partial charge in [0.1, 0.15) is 36.3 Å². The SMILES string of the molecule is Cc1oc2ncn(C)c(=O)c2c1C(=O)OCCOc1c(Cl)cccc1Cl. The molecule has 0 N–H and O–H groups in total. The zero-order valence-corrected chi connectivity index (χ0v) is 15.4. The molecule has 136 valence electrons.